The molecule has 0 bridgehead atoms. The van der Waals surface area contributed by atoms with Gasteiger partial charge >= 0.3 is 0 Å². The Bertz CT molecular complexity index is 649. The summed E-state index contributed by atoms with van der Waals surface area (Å²) < 4.78 is 2.13. The van der Waals surface area contributed by atoms with Crippen LogP contribution < -0.4 is 10.2 Å². The molecule has 2 heterocycles. The Morgan fingerprint density at radius 2 is 2.12 bits per heavy atom. The molecule has 0 saturated heterocycles. The normalized spacial score (nSPS) is 11.1. The Balaban J connectivity index is 0.00000288. The van der Waals surface area contributed by atoms with Gasteiger partial charge < -0.3 is 19.7 Å². The Morgan fingerprint density at radius 1 is 1.38 bits per heavy atom. The molecule has 0 atom stereocenters. The van der Waals surface area contributed by atoms with Crippen LogP contribution in [0.5, 0.6) is 0 Å². The topological polar surface area (TPSA) is 48.7 Å². The van der Waals surface area contributed by atoms with Crippen LogP contribution in [0.4, 0.5) is 5.13 Å². The average Bonchev–Trinajstić information content (AvgIpc) is 3.13. The lowest BCUT2D eigenvalue weighted by Gasteiger charge is -2.22. The maximum Gasteiger partial charge on any atom is 0.194 e. The number of nitrogens with one attached hydrogen (secondary N) is 1. The van der Waals surface area contributed by atoms with Gasteiger partial charge in [0.05, 0.1) is 18.8 Å². The lowest BCUT2D eigenvalue weighted by molar-refractivity contribution is 0.461. The number of aliphatic imine (C=N–C) groups is 1. The molecule has 2 rings (SSSR count). The van der Waals surface area contributed by atoms with Crippen LogP contribution in [0.25, 0.3) is 0 Å². The smallest absolute Gasteiger partial charge is 0.194 e. The van der Waals surface area contributed by atoms with Crippen molar-refractivity contribution in [3.8, 4) is 0 Å². The van der Waals surface area contributed by atoms with E-state index in [1.807, 2.05) is 19.0 Å². The van der Waals surface area contributed by atoms with Crippen molar-refractivity contribution >= 4 is 46.4 Å². The van der Waals surface area contributed by atoms with Gasteiger partial charge in [-0.15, -0.1) is 35.3 Å². The largest absolute Gasteiger partial charge is 0.357 e. The van der Waals surface area contributed by atoms with Crippen molar-refractivity contribution in [1.29, 1.82) is 0 Å². The minimum atomic E-state index is 0. The summed E-state index contributed by atoms with van der Waals surface area (Å²) >= 11 is 1.65. The van der Waals surface area contributed by atoms with Crippen LogP contribution in [-0.2, 0) is 20.1 Å². The van der Waals surface area contributed by atoms with Crippen molar-refractivity contribution < 1.29 is 0 Å². The number of anilines is 1. The maximum atomic E-state index is 4.71. The third kappa shape index (κ3) is 5.66. The number of rotatable bonds is 6. The van der Waals surface area contributed by atoms with Crippen LogP contribution in [0.1, 0.15) is 18.3 Å². The molecule has 0 spiro atoms. The van der Waals surface area contributed by atoms with Gasteiger partial charge in [0.1, 0.15) is 0 Å². The summed E-state index contributed by atoms with van der Waals surface area (Å²) in [5.41, 5.74) is 2.25. The van der Waals surface area contributed by atoms with Gasteiger partial charge in [0.15, 0.2) is 11.1 Å². The first-order valence-electron chi connectivity index (χ1n) is 7.72. The summed E-state index contributed by atoms with van der Waals surface area (Å²) in [5.74, 6) is 0.896. The zero-order valence-electron chi connectivity index (χ0n) is 15.0. The monoisotopic (exact) mass is 462 g/mol. The SMILES string of the molecule is CCNC(=NCc1csc(N(C)C)n1)N(C)Cc1cccn1C.I. The number of nitrogens with zero attached hydrogens (tertiary/aromatic N) is 5. The molecule has 1 N–H and O–H groups in total. The van der Waals surface area contributed by atoms with Crippen molar-refractivity contribution in [1.82, 2.24) is 19.8 Å². The van der Waals surface area contributed by atoms with Crippen LogP contribution in [0.15, 0.2) is 28.7 Å². The lowest BCUT2D eigenvalue weighted by atomic mass is 10.4. The fraction of sp³-hybridized carbons (Fsp3) is 0.500. The fourth-order valence-corrected chi connectivity index (χ4v) is 2.93. The van der Waals surface area contributed by atoms with Crippen LogP contribution in [-0.4, -0.2) is 48.1 Å². The maximum absolute atomic E-state index is 4.71. The van der Waals surface area contributed by atoms with E-state index in [2.05, 4.69) is 64.5 Å². The van der Waals surface area contributed by atoms with E-state index in [-0.39, 0.29) is 24.0 Å². The molecule has 0 aliphatic carbocycles. The average molecular weight is 462 g/mol. The summed E-state index contributed by atoms with van der Waals surface area (Å²) in [5, 5.41) is 6.43. The number of aromatic nitrogens is 2. The molecule has 2 aromatic heterocycles. The van der Waals surface area contributed by atoms with Gasteiger partial charge in [0.2, 0.25) is 0 Å². The third-order valence-corrected chi connectivity index (χ3v) is 4.52. The minimum Gasteiger partial charge on any atom is -0.357 e. The highest BCUT2D eigenvalue weighted by atomic mass is 127. The number of guanidine groups is 1. The molecule has 2 aromatic rings. The minimum absolute atomic E-state index is 0. The predicted molar refractivity (Wildman–Crippen MR) is 114 cm³/mol. The Labute approximate surface area is 165 Å². The number of hydrogen-bond donors (Lipinski definition) is 1. The van der Waals surface area contributed by atoms with Crippen LogP contribution >= 0.6 is 35.3 Å². The summed E-state index contributed by atoms with van der Waals surface area (Å²) in [6.45, 7) is 4.33. The molecule has 0 aliphatic heterocycles. The summed E-state index contributed by atoms with van der Waals surface area (Å²) in [4.78, 5) is 13.4. The highest BCUT2D eigenvalue weighted by molar-refractivity contribution is 14.0. The van der Waals surface area contributed by atoms with E-state index < -0.39 is 0 Å². The van der Waals surface area contributed by atoms with Crippen molar-refractivity contribution in [3.05, 3.63) is 35.1 Å². The van der Waals surface area contributed by atoms with E-state index in [0.717, 1.165) is 29.9 Å². The molecule has 0 saturated carbocycles. The van der Waals surface area contributed by atoms with Crippen molar-refractivity contribution in [2.45, 2.75) is 20.0 Å². The van der Waals surface area contributed by atoms with Crippen LogP contribution in [0, 0.1) is 0 Å². The zero-order valence-corrected chi connectivity index (χ0v) is 18.1. The summed E-state index contributed by atoms with van der Waals surface area (Å²) in [6, 6.07) is 4.19. The van der Waals surface area contributed by atoms with E-state index in [9.17, 15) is 0 Å². The fourth-order valence-electron chi connectivity index (χ4n) is 2.18. The molecule has 6 nitrogen and oxygen atoms in total. The molecular formula is C16H27IN6S. The number of thiazole rings is 1. The van der Waals surface area contributed by atoms with E-state index in [1.54, 1.807) is 11.3 Å². The number of halogens is 1. The Morgan fingerprint density at radius 3 is 2.67 bits per heavy atom. The number of hydrogen-bond acceptors (Lipinski definition) is 4. The van der Waals surface area contributed by atoms with E-state index in [1.165, 1.54) is 5.69 Å². The van der Waals surface area contributed by atoms with Gasteiger partial charge in [-0.3, -0.25) is 0 Å². The highest BCUT2D eigenvalue weighted by Crippen LogP contribution is 2.18. The molecule has 0 fully saturated rings. The molecule has 0 aromatic carbocycles. The van der Waals surface area contributed by atoms with E-state index >= 15 is 0 Å². The second-order valence-corrected chi connectivity index (χ2v) is 6.49. The van der Waals surface area contributed by atoms with Gasteiger partial charge in [0, 0.05) is 52.0 Å². The van der Waals surface area contributed by atoms with Gasteiger partial charge in [0.25, 0.3) is 0 Å². The zero-order chi connectivity index (χ0) is 16.8. The molecule has 0 aliphatic rings. The standard InChI is InChI=1S/C16H26N6S.HI/c1-6-17-15(22(5)11-14-8-7-9-21(14)4)18-10-13-12-23-16(19-13)20(2)3;/h7-9,12H,6,10-11H2,1-5H3,(H,17,18);1H. The van der Waals surface area contributed by atoms with Crippen LogP contribution in [0.2, 0.25) is 0 Å². The first-order chi connectivity index (χ1) is 11.0. The second-order valence-electron chi connectivity index (χ2n) is 5.65. The molecular weight excluding hydrogens is 435 g/mol. The molecule has 0 unspecified atom stereocenters. The van der Waals surface area contributed by atoms with Crippen molar-refractivity contribution in [3.63, 3.8) is 0 Å². The summed E-state index contributed by atoms with van der Waals surface area (Å²) in [7, 11) is 8.12. The predicted octanol–water partition coefficient (Wildman–Crippen LogP) is 2.76. The first-order valence-corrected chi connectivity index (χ1v) is 8.60. The van der Waals surface area contributed by atoms with E-state index in [0.29, 0.717) is 6.54 Å². The van der Waals surface area contributed by atoms with Crippen molar-refractivity contribution in [2.24, 2.45) is 12.0 Å². The first kappa shape index (κ1) is 20.8. The molecule has 134 valence electrons. The molecule has 8 heteroatoms. The highest BCUT2D eigenvalue weighted by Gasteiger charge is 2.09. The lowest BCUT2D eigenvalue weighted by Crippen LogP contribution is -2.38. The summed E-state index contributed by atoms with van der Waals surface area (Å²) in [6.07, 6.45) is 2.06. The van der Waals surface area contributed by atoms with Gasteiger partial charge in [-0.2, -0.15) is 0 Å². The number of aryl methyl sites for hydroxylation is 1. The van der Waals surface area contributed by atoms with Crippen molar-refractivity contribution in [2.75, 3.05) is 32.6 Å². The van der Waals surface area contributed by atoms with Crippen LogP contribution in [0.3, 0.4) is 0 Å². The Kier molecular flexibility index (Phi) is 8.54. The molecule has 24 heavy (non-hydrogen) atoms. The van der Waals surface area contributed by atoms with Gasteiger partial charge in [-0.25, -0.2) is 9.98 Å². The Hall–Kier alpha value is -1.29. The van der Waals surface area contributed by atoms with Gasteiger partial charge in [-0.1, -0.05) is 0 Å². The quantitative estimate of drug-likeness (QED) is 0.408. The second kappa shape index (κ2) is 9.87. The van der Waals surface area contributed by atoms with Gasteiger partial charge in [-0.05, 0) is 19.1 Å². The third-order valence-electron chi connectivity index (χ3n) is 3.46. The van der Waals surface area contributed by atoms with E-state index in [4.69, 9.17) is 4.99 Å². The molecule has 0 amide bonds. The molecule has 0 radical (unpaired) electrons.